The number of amides is 1. The molecule has 0 bridgehead atoms. The lowest BCUT2D eigenvalue weighted by molar-refractivity contribution is -0.117. The van der Waals surface area contributed by atoms with Gasteiger partial charge in [-0.05, 0) is 84.8 Å². The number of aromatic nitrogens is 1. The molecule has 176 valence electrons. The van der Waals surface area contributed by atoms with Crippen LogP contribution in [-0.4, -0.2) is 41.8 Å². The number of fused-ring (bicyclic) bond motifs is 1. The monoisotopic (exact) mass is 456 g/mol. The number of aliphatic hydroxyl groups excluding tert-OH is 1. The number of allylic oxidation sites excluding steroid dienone is 1. The van der Waals surface area contributed by atoms with Crippen LogP contribution in [0.25, 0.3) is 27.6 Å². The topological polar surface area (TPSA) is 81.3 Å². The van der Waals surface area contributed by atoms with Crippen LogP contribution in [0.5, 0.6) is 0 Å². The Hall–Kier alpha value is -3.56. The minimum atomic E-state index is -0.411. The molecule has 2 heterocycles. The molecule has 6 nitrogen and oxygen atoms in total. The molecule has 1 amide bonds. The van der Waals surface area contributed by atoms with Crippen molar-refractivity contribution in [2.75, 3.05) is 31.1 Å². The second kappa shape index (κ2) is 10.6. The maximum absolute atomic E-state index is 12.5. The fourth-order valence-electron chi connectivity index (χ4n) is 4.72. The van der Waals surface area contributed by atoms with Gasteiger partial charge >= 0.3 is 0 Å². The Labute approximate surface area is 201 Å². The molecule has 0 atom stereocenters. The SMILES string of the molecule is C/C(=C(/C#N)C(=O)NCCCO)c1ccc(-c2ccc3cc(N4CCCCC4)ccc3c2)n1C. The Morgan fingerprint density at radius 1 is 1.06 bits per heavy atom. The molecule has 6 heteroatoms. The van der Waals surface area contributed by atoms with Crippen LogP contribution < -0.4 is 10.2 Å². The van der Waals surface area contributed by atoms with Gasteiger partial charge in [0.2, 0.25) is 0 Å². The van der Waals surface area contributed by atoms with Gasteiger partial charge in [0.05, 0.1) is 0 Å². The van der Waals surface area contributed by atoms with Gasteiger partial charge in [0.15, 0.2) is 0 Å². The van der Waals surface area contributed by atoms with Crippen LogP contribution in [0.1, 0.15) is 38.3 Å². The zero-order valence-corrected chi connectivity index (χ0v) is 20.0. The molecule has 1 aliphatic rings. The number of nitrogens with one attached hydrogen (secondary N) is 1. The minimum absolute atomic E-state index is 0.00262. The van der Waals surface area contributed by atoms with Gasteiger partial charge in [-0.1, -0.05) is 18.2 Å². The van der Waals surface area contributed by atoms with Crippen molar-refractivity contribution in [2.45, 2.75) is 32.6 Å². The van der Waals surface area contributed by atoms with Crippen molar-refractivity contribution < 1.29 is 9.90 Å². The number of carbonyl (C=O) groups excluding carboxylic acids is 1. The number of nitriles is 1. The van der Waals surface area contributed by atoms with E-state index >= 15 is 0 Å². The van der Waals surface area contributed by atoms with Gasteiger partial charge in [0.1, 0.15) is 11.6 Å². The highest BCUT2D eigenvalue weighted by atomic mass is 16.3. The average Bonchev–Trinajstić information content (AvgIpc) is 3.25. The molecule has 1 saturated heterocycles. The summed E-state index contributed by atoms with van der Waals surface area (Å²) < 4.78 is 2.02. The summed E-state index contributed by atoms with van der Waals surface area (Å²) in [6.07, 6.45) is 4.31. The van der Waals surface area contributed by atoms with E-state index in [0.29, 0.717) is 18.5 Å². The van der Waals surface area contributed by atoms with Crippen molar-refractivity contribution in [3.8, 4) is 17.3 Å². The van der Waals surface area contributed by atoms with Crippen molar-refractivity contribution in [2.24, 2.45) is 7.05 Å². The number of anilines is 1. The summed E-state index contributed by atoms with van der Waals surface area (Å²) in [6, 6.07) is 19.2. The van der Waals surface area contributed by atoms with Crippen LogP contribution >= 0.6 is 0 Å². The van der Waals surface area contributed by atoms with E-state index in [1.54, 1.807) is 6.92 Å². The van der Waals surface area contributed by atoms with Gasteiger partial charge in [-0.2, -0.15) is 5.26 Å². The van der Waals surface area contributed by atoms with Crippen molar-refractivity contribution >= 4 is 27.9 Å². The third-order valence-electron chi connectivity index (χ3n) is 6.68. The van der Waals surface area contributed by atoms with Crippen LogP contribution in [0.15, 0.2) is 54.1 Å². The second-order valence-corrected chi connectivity index (χ2v) is 8.90. The largest absolute Gasteiger partial charge is 0.396 e. The summed E-state index contributed by atoms with van der Waals surface area (Å²) in [7, 11) is 1.95. The summed E-state index contributed by atoms with van der Waals surface area (Å²) in [5, 5.41) is 23.6. The maximum Gasteiger partial charge on any atom is 0.262 e. The van der Waals surface area contributed by atoms with Gasteiger partial charge in [0, 0.05) is 50.4 Å². The number of nitrogens with zero attached hydrogens (tertiary/aromatic N) is 3. The highest BCUT2D eigenvalue weighted by molar-refractivity contribution is 6.04. The van der Waals surface area contributed by atoms with Crippen molar-refractivity contribution in [1.82, 2.24) is 9.88 Å². The summed E-state index contributed by atoms with van der Waals surface area (Å²) >= 11 is 0. The van der Waals surface area contributed by atoms with Crippen molar-refractivity contribution in [1.29, 1.82) is 5.26 Å². The zero-order chi connectivity index (χ0) is 24.1. The van der Waals surface area contributed by atoms with Crippen LogP contribution in [-0.2, 0) is 11.8 Å². The van der Waals surface area contributed by atoms with E-state index < -0.39 is 5.91 Å². The summed E-state index contributed by atoms with van der Waals surface area (Å²) in [5.41, 5.74) is 4.95. The highest BCUT2D eigenvalue weighted by Crippen LogP contribution is 2.31. The number of hydrogen-bond acceptors (Lipinski definition) is 4. The fraction of sp³-hybridized carbons (Fsp3) is 0.357. The zero-order valence-electron chi connectivity index (χ0n) is 20.0. The van der Waals surface area contributed by atoms with Gasteiger partial charge in [0.25, 0.3) is 5.91 Å². The number of hydrogen-bond donors (Lipinski definition) is 2. The molecule has 0 unspecified atom stereocenters. The molecule has 3 aromatic rings. The second-order valence-electron chi connectivity index (χ2n) is 8.90. The van der Waals surface area contributed by atoms with Gasteiger partial charge in [-0.25, -0.2) is 0 Å². The average molecular weight is 457 g/mol. The maximum atomic E-state index is 12.5. The molecule has 34 heavy (non-hydrogen) atoms. The first-order chi connectivity index (χ1) is 16.5. The molecule has 0 saturated carbocycles. The van der Waals surface area contributed by atoms with E-state index in [2.05, 4.69) is 46.6 Å². The minimum Gasteiger partial charge on any atom is -0.396 e. The molecular weight excluding hydrogens is 424 g/mol. The van der Waals surface area contributed by atoms with Crippen molar-refractivity contribution in [3.05, 3.63) is 59.8 Å². The van der Waals surface area contributed by atoms with Crippen LogP contribution in [0.3, 0.4) is 0 Å². The number of benzene rings is 2. The Morgan fingerprint density at radius 2 is 1.79 bits per heavy atom. The van der Waals surface area contributed by atoms with Crippen molar-refractivity contribution in [3.63, 3.8) is 0 Å². The Morgan fingerprint density at radius 3 is 2.53 bits per heavy atom. The molecular formula is C28H32N4O2. The molecule has 2 N–H and O–H groups in total. The lowest BCUT2D eigenvalue weighted by atomic mass is 10.0. The molecule has 1 aromatic heterocycles. The summed E-state index contributed by atoms with van der Waals surface area (Å²) in [4.78, 5) is 14.9. The van der Waals surface area contributed by atoms with E-state index in [1.807, 2.05) is 29.8 Å². The first kappa shape index (κ1) is 23.6. The van der Waals surface area contributed by atoms with Gasteiger partial charge in [-0.15, -0.1) is 0 Å². The molecule has 0 radical (unpaired) electrons. The van der Waals surface area contributed by atoms with Crippen LogP contribution in [0.2, 0.25) is 0 Å². The Balaban J connectivity index is 1.61. The molecule has 1 fully saturated rings. The molecule has 4 rings (SSSR count). The lowest BCUT2D eigenvalue weighted by Crippen LogP contribution is -2.29. The molecule has 2 aromatic carbocycles. The fourth-order valence-corrected chi connectivity index (χ4v) is 4.72. The van der Waals surface area contributed by atoms with Crippen LogP contribution in [0, 0.1) is 11.3 Å². The van der Waals surface area contributed by atoms with E-state index in [-0.39, 0.29) is 12.2 Å². The third kappa shape index (κ3) is 4.85. The normalized spacial score (nSPS) is 14.6. The molecule has 1 aliphatic heterocycles. The molecule has 0 aliphatic carbocycles. The van der Waals surface area contributed by atoms with Gasteiger partial charge in [-0.3, -0.25) is 4.79 Å². The summed E-state index contributed by atoms with van der Waals surface area (Å²) in [5.74, 6) is -0.411. The predicted molar refractivity (Wildman–Crippen MR) is 137 cm³/mol. The predicted octanol–water partition coefficient (Wildman–Crippen LogP) is 4.63. The van der Waals surface area contributed by atoms with Crippen LogP contribution in [0.4, 0.5) is 5.69 Å². The smallest absolute Gasteiger partial charge is 0.262 e. The first-order valence-corrected chi connectivity index (χ1v) is 12.0. The van der Waals surface area contributed by atoms with E-state index in [9.17, 15) is 10.1 Å². The molecule has 0 spiro atoms. The Kier molecular flexibility index (Phi) is 7.34. The quantitative estimate of drug-likeness (QED) is 0.309. The van der Waals surface area contributed by atoms with E-state index in [1.165, 1.54) is 35.7 Å². The standard InChI is InChI=1S/C28H32N4O2/c1-20(25(19-29)28(34)30-13-6-16-33)26-11-12-27(31(26)2)23-8-7-22-18-24(10-9-21(22)17-23)32-14-4-3-5-15-32/h7-12,17-18,33H,3-6,13-16H2,1-2H3,(H,30,34)/b25-20+. The number of carbonyl (C=O) groups is 1. The number of piperidine rings is 1. The Bertz CT molecular complexity index is 1260. The van der Waals surface area contributed by atoms with Gasteiger partial charge < -0.3 is 19.9 Å². The lowest BCUT2D eigenvalue weighted by Gasteiger charge is -2.29. The third-order valence-corrected chi connectivity index (χ3v) is 6.68. The number of aliphatic hydroxyl groups is 1. The van der Waals surface area contributed by atoms with E-state index in [4.69, 9.17) is 5.11 Å². The number of rotatable bonds is 7. The highest BCUT2D eigenvalue weighted by Gasteiger charge is 2.17. The first-order valence-electron chi connectivity index (χ1n) is 12.0. The van der Waals surface area contributed by atoms with E-state index in [0.717, 1.165) is 30.0 Å². The summed E-state index contributed by atoms with van der Waals surface area (Å²) in [6.45, 7) is 4.39.